The maximum Gasteiger partial charge on any atom is 0.262 e. The second-order valence-corrected chi connectivity index (χ2v) is 8.40. The first kappa shape index (κ1) is 21.7. The summed E-state index contributed by atoms with van der Waals surface area (Å²) in [5.41, 5.74) is 6.32. The van der Waals surface area contributed by atoms with Crippen molar-refractivity contribution in [3.8, 4) is 16.9 Å². The SMILES string of the molecule is COc1ccc(/C=C2/C=C(c3ccc(Cl)cc3)N(c3ccc(-c4ccccc4)cc3)C2=O)cc1. The summed E-state index contributed by atoms with van der Waals surface area (Å²) in [6.45, 7) is 0. The predicted molar refractivity (Wildman–Crippen MR) is 140 cm³/mol. The van der Waals surface area contributed by atoms with Gasteiger partial charge in [0, 0.05) is 16.3 Å². The number of ether oxygens (including phenoxy) is 1. The molecule has 4 heteroatoms. The van der Waals surface area contributed by atoms with E-state index in [0.717, 1.165) is 39.4 Å². The van der Waals surface area contributed by atoms with Gasteiger partial charge in [0.25, 0.3) is 5.91 Å². The largest absolute Gasteiger partial charge is 0.497 e. The number of amides is 1. The second-order valence-electron chi connectivity index (χ2n) is 7.96. The smallest absolute Gasteiger partial charge is 0.262 e. The van der Waals surface area contributed by atoms with Gasteiger partial charge in [0.15, 0.2) is 0 Å². The van der Waals surface area contributed by atoms with E-state index in [4.69, 9.17) is 16.3 Å². The molecule has 0 aromatic heterocycles. The molecule has 4 aromatic carbocycles. The molecule has 1 heterocycles. The van der Waals surface area contributed by atoms with Crippen LogP contribution in [0, 0.1) is 0 Å². The van der Waals surface area contributed by atoms with Crippen LogP contribution in [0.4, 0.5) is 5.69 Å². The van der Waals surface area contributed by atoms with Crippen molar-refractivity contribution in [2.75, 3.05) is 12.0 Å². The van der Waals surface area contributed by atoms with Crippen LogP contribution in [-0.2, 0) is 4.79 Å². The van der Waals surface area contributed by atoms with Gasteiger partial charge in [-0.1, -0.05) is 78.3 Å². The van der Waals surface area contributed by atoms with Gasteiger partial charge in [0.05, 0.1) is 12.8 Å². The summed E-state index contributed by atoms with van der Waals surface area (Å²) in [5.74, 6) is 0.700. The maximum atomic E-state index is 13.6. The van der Waals surface area contributed by atoms with E-state index in [0.29, 0.717) is 10.6 Å². The van der Waals surface area contributed by atoms with Gasteiger partial charge in [-0.15, -0.1) is 0 Å². The number of benzene rings is 4. The van der Waals surface area contributed by atoms with Crippen molar-refractivity contribution in [3.63, 3.8) is 0 Å². The van der Waals surface area contributed by atoms with E-state index in [1.807, 2.05) is 103 Å². The first-order valence-corrected chi connectivity index (χ1v) is 11.3. The summed E-state index contributed by atoms with van der Waals surface area (Å²) in [6.07, 6.45) is 3.83. The Hall–Kier alpha value is -4.08. The minimum Gasteiger partial charge on any atom is -0.497 e. The molecular formula is C30H22ClNO2. The van der Waals surface area contributed by atoms with E-state index in [1.165, 1.54) is 0 Å². The molecule has 1 aliphatic rings. The van der Waals surface area contributed by atoms with Crippen LogP contribution in [0.25, 0.3) is 22.9 Å². The van der Waals surface area contributed by atoms with Crippen molar-refractivity contribution in [1.82, 2.24) is 0 Å². The van der Waals surface area contributed by atoms with Crippen molar-refractivity contribution >= 4 is 35.0 Å². The van der Waals surface area contributed by atoms with Gasteiger partial charge >= 0.3 is 0 Å². The monoisotopic (exact) mass is 463 g/mol. The van der Waals surface area contributed by atoms with Gasteiger partial charge in [-0.3, -0.25) is 9.69 Å². The highest BCUT2D eigenvalue weighted by Gasteiger charge is 2.30. The highest BCUT2D eigenvalue weighted by Crippen LogP contribution is 2.36. The molecule has 34 heavy (non-hydrogen) atoms. The number of carbonyl (C=O) groups excluding carboxylic acids is 1. The molecule has 1 amide bonds. The zero-order valence-electron chi connectivity index (χ0n) is 18.6. The molecule has 5 rings (SSSR count). The van der Waals surface area contributed by atoms with E-state index in [1.54, 1.807) is 12.0 Å². The van der Waals surface area contributed by atoms with Crippen LogP contribution in [0.5, 0.6) is 5.75 Å². The lowest BCUT2D eigenvalue weighted by Crippen LogP contribution is -2.24. The Morgan fingerprint density at radius 3 is 2.00 bits per heavy atom. The van der Waals surface area contributed by atoms with E-state index in [2.05, 4.69) is 12.1 Å². The number of hydrogen-bond donors (Lipinski definition) is 0. The average Bonchev–Trinajstić information content (AvgIpc) is 3.21. The summed E-state index contributed by atoms with van der Waals surface area (Å²) in [4.78, 5) is 15.4. The topological polar surface area (TPSA) is 29.5 Å². The van der Waals surface area contributed by atoms with Crippen LogP contribution in [0.3, 0.4) is 0 Å². The molecule has 1 aliphatic heterocycles. The molecule has 3 nitrogen and oxygen atoms in total. The van der Waals surface area contributed by atoms with Crippen molar-refractivity contribution in [2.45, 2.75) is 0 Å². The van der Waals surface area contributed by atoms with Crippen molar-refractivity contribution in [2.24, 2.45) is 0 Å². The van der Waals surface area contributed by atoms with Gasteiger partial charge in [0.1, 0.15) is 5.75 Å². The van der Waals surface area contributed by atoms with Gasteiger partial charge in [-0.25, -0.2) is 0 Å². The van der Waals surface area contributed by atoms with E-state index < -0.39 is 0 Å². The highest BCUT2D eigenvalue weighted by molar-refractivity contribution is 6.30. The first-order chi connectivity index (χ1) is 16.6. The van der Waals surface area contributed by atoms with Crippen LogP contribution in [-0.4, -0.2) is 13.0 Å². The molecule has 0 spiro atoms. The third-order valence-electron chi connectivity index (χ3n) is 5.79. The number of halogens is 1. The molecule has 0 saturated heterocycles. The number of anilines is 1. The molecule has 0 saturated carbocycles. The molecule has 0 atom stereocenters. The fourth-order valence-electron chi connectivity index (χ4n) is 4.02. The molecule has 0 bridgehead atoms. The summed E-state index contributed by atoms with van der Waals surface area (Å²) in [5, 5.41) is 0.654. The number of rotatable bonds is 5. The number of nitrogens with zero attached hydrogens (tertiary/aromatic N) is 1. The summed E-state index contributed by atoms with van der Waals surface area (Å²) < 4.78 is 5.24. The van der Waals surface area contributed by atoms with Crippen LogP contribution < -0.4 is 9.64 Å². The lowest BCUT2D eigenvalue weighted by Gasteiger charge is -2.21. The van der Waals surface area contributed by atoms with E-state index in [-0.39, 0.29) is 5.91 Å². The highest BCUT2D eigenvalue weighted by atomic mass is 35.5. The van der Waals surface area contributed by atoms with Gasteiger partial charge < -0.3 is 4.74 Å². The number of hydrogen-bond acceptors (Lipinski definition) is 2. The van der Waals surface area contributed by atoms with Gasteiger partial charge in [-0.2, -0.15) is 0 Å². The zero-order valence-corrected chi connectivity index (χ0v) is 19.4. The third-order valence-corrected chi connectivity index (χ3v) is 6.05. The van der Waals surface area contributed by atoms with Crippen molar-refractivity contribution < 1.29 is 9.53 Å². The van der Waals surface area contributed by atoms with Crippen LogP contribution in [0.15, 0.2) is 115 Å². The Morgan fingerprint density at radius 1 is 0.735 bits per heavy atom. The molecule has 0 N–H and O–H groups in total. The Kier molecular flexibility index (Phi) is 6.03. The predicted octanol–water partition coefficient (Wildman–Crippen LogP) is 7.49. The molecular weight excluding hydrogens is 442 g/mol. The molecule has 0 radical (unpaired) electrons. The quantitative estimate of drug-likeness (QED) is 0.287. The maximum absolute atomic E-state index is 13.6. The van der Waals surface area contributed by atoms with Crippen LogP contribution in [0.2, 0.25) is 5.02 Å². The van der Waals surface area contributed by atoms with Gasteiger partial charge in [-0.05, 0) is 70.8 Å². The van der Waals surface area contributed by atoms with Crippen molar-refractivity contribution in [1.29, 1.82) is 0 Å². The van der Waals surface area contributed by atoms with E-state index >= 15 is 0 Å². The molecule has 0 unspecified atom stereocenters. The number of carbonyl (C=O) groups is 1. The Balaban J connectivity index is 1.54. The fourth-order valence-corrected chi connectivity index (χ4v) is 4.14. The van der Waals surface area contributed by atoms with Gasteiger partial charge in [0.2, 0.25) is 0 Å². The summed E-state index contributed by atoms with van der Waals surface area (Å²) in [6, 6.07) is 33.4. The fraction of sp³-hybridized carbons (Fsp3) is 0.0333. The average molecular weight is 464 g/mol. The first-order valence-electron chi connectivity index (χ1n) is 11.0. The molecule has 4 aromatic rings. The Morgan fingerprint density at radius 2 is 1.35 bits per heavy atom. The molecule has 0 fully saturated rings. The van der Waals surface area contributed by atoms with Crippen molar-refractivity contribution in [3.05, 3.63) is 131 Å². The standard InChI is InChI=1S/C30H22ClNO2/c1-34-28-17-7-21(8-18-28)19-25-20-29(24-9-13-26(31)14-10-24)32(30(25)33)27-15-11-23(12-16-27)22-5-3-2-4-6-22/h2-20H,1H3/b25-19-. The van der Waals surface area contributed by atoms with Crippen LogP contribution in [0.1, 0.15) is 11.1 Å². The summed E-state index contributed by atoms with van der Waals surface area (Å²) in [7, 11) is 1.63. The molecule has 166 valence electrons. The minimum atomic E-state index is -0.0757. The van der Waals surface area contributed by atoms with Crippen LogP contribution >= 0.6 is 11.6 Å². The minimum absolute atomic E-state index is 0.0757. The lowest BCUT2D eigenvalue weighted by molar-refractivity contribution is -0.113. The molecule has 0 aliphatic carbocycles. The normalized spacial score (nSPS) is 14.4. The second kappa shape index (κ2) is 9.42. The lowest BCUT2D eigenvalue weighted by atomic mass is 10.0. The summed E-state index contributed by atoms with van der Waals surface area (Å²) >= 11 is 6.12. The third kappa shape index (κ3) is 4.39. The van der Waals surface area contributed by atoms with E-state index in [9.17, 15) is 4.79 Å². The number of methoxy groups -OCH3 is 1. The zero-order chi connectivity index (χ0) is 23.5. The Bertz CT molecular complexity index is 1370. The Labute approximate surface area is 204 Å².